The van der Waals surface area contributed by atoms with Gasteiger partial charge in [0.25, 0.3) is 5.91 Å². The van der Waals surface area contributed by atoms with Crippen molar-refractivity contribution in [2.45, 2.75) is 18.1 Å². The first-order chi connectivity index (χ1) is 15.5. The van der Waals surface area contributed by atoms with E-state index < -0.39 is 0 Å². The molecular formula is C24H23ClN4O2S. The summed E-state index contributed by atoms with van der Waals surface area (Å²) in [5.41, 5.74) is 0.645. The number of ether oxygens (including phenoxy) is 1. The number of benzene rings is 3. The van der Waals surface area contributed by atoms with Crippen LogP contribution in [0.5, 0.6) is 5.75 Å². The van der Waals surface area contributed by atoms with Gasteiger partial charge in [-0.3, -0.25) is 4.79 Å². The number of halogens is 1. The van der Waals surface area contributed by atoms with Gasteiger partial charge in [-0.15, -0.1) is 10.2 Å². The zero-order valence-corrected chi connectivity index (χ0v) is 19.4. The smallest absolute Gasteiger partial charge is 0.252 e. The Morgan fingerprint density at radius 1 is 1.09 bits per heavy atom. The molecule has 0 saturated carbocycles. The Hall–Kier alpha value is -3.03. The lowest BCUT2D eigenvalue weighted by molar-refractivity contribution is 0.0939. The molecule has 4 rings (SSSR count). The number of carbonyl (C=O) groups is 1. The molecule has 0 aliphatic heterocycles. The largest absolute Gasteiger partial charge is 0.493 e. The Morgan fingerprint density at radius 2 is 1.84 bits per heavy atom. The number of carbonyl (C=O) groups excluding carboxylic acids is 1. The summed E-state index contributed by atoms with van der Waals surface area (Å²) >= 11 is 7.44. The van der Waals surface area contributed by atoms with Gasteiger partial charge in [-0.05, 0) is 48.0 Å². The molecule has 6 nitrogen and oxygen atoms in total. The zero-order valence-electron chi connectivity index (χ0n) is 17.8. The van der Waals surface area contributed by atoms with Crippen molar-refractivity contribution >= 4 is 40.0 Å². The van der Waals surface area contributed by atoms with E-state index in [9.17, 15) is 4.79 Å². The number of nitrogens with one attached hydrogen (secondary N) is 1. The van der Waals surface area contributed by atoms with E-state index in [4.69, 9.17) is 16.3 Å². The highest BCUT2D eigenvalue weighted by atomic mass is 35.5. The summed E-state index contributed by atoms with van der Waals surface area (Å²) in [6.07, 6.45) is 0. The minimum Gasteiger partial charge on any atom is -0.493 e. The summed E-state index contributed by atoms with van der Waals surface area (Å²) in [6.45, 7) is 2.44. The third kappa shape index (κ3) is 5.06. The number of hydrogen-bond acceptors (Lipinski definition) is 5. The molecule has 1 heterocycles. The molecule has 0 aliphatic carbocycles. The maximum Gasteiger partial charge on any atom is 0.252 e. The van der Waals surface area contributed by atoms with Crippen molar-refractivity contribution in [3.8, 4) is 5.75 Å². The Bertz CT molecular complexity index is 1220. The lowest BCUT2D eigenvalue weighted by Gasteiger charge is -2.14. The average Bonchev–Trinajstić information content (AvgIpc) is 3.17. The van der Waals surface area contributed by atoms with Crippen LogP contribution < -0.4 is 10.1 Å². The van der Waals surface area contributed by atoms with Crippen LogP contribution >= 0.6 is 23.4 Å². The van der Waals surface area contributed by atoms with Crippen LogP contribution in [0, 0.1) is 0 Å². The number of thioether (sulfide) groups is 1. The molecule has 1 atom stereocenters. The van der Waals surface area contributed by atoms with Crippen LogP contribution in [0.15, 0.2) is 71.9 Å². The second kappa shape index (κ2) is 10.1. The highest BCUT2D eigenvalue weighted by Gasteiger charge is 2.19. The second-order valence-corrected chi connectivity index (χ2v) is 8.77. The van der Waals surface area contributed by atoms with Crippen molar-refractivity contribution in [3.63, 3.8) is 0 Å². The van der Waals surface area contributed by atoms with Crippen LogP contribution in [0.1, 0.15) is 29.1 Å². The summed E-state index contributed by atoms with van der Waals surface area (Å²) in [4.78, 5) is 12.9. The summed E-state index contributed by atoms with van der Waals surface area (Å²) in [5, 5.41) is 15.0. The van der Waals surface area contributed by atoms with E-state index in [-0.39, 0.29) is 11.9 Å². The molecule has 8 heteroatoms. The van der Waals surface area contributed by atoms with Crippen LogP contribution in [-0.2, 0) is 7.05 Å². The lowest BCUT2D eigenvalue weighted by Crippen LogP contribution is -2.28. The van der Waals surface area contributed by atoms with Crippen molar-refractivity contribution in [1.29, 1.82) is 0 Å². The minimum absolute atomic E-state index is 0.136. The molecule has 0 spiro atoms. The van der Waals surface area contributed by atoms with Crippen molar-refractivity contribution < 1.29 is 9.53 Å². The van der Waals surface area contributed by atoms with E-state index in [1.807, 2.05) is 73.1 Å². The molecule has 1 unspecified atom stereocenters. The van der Waals surface area contributed by atoms with E-state index >= 15 is 0 Å². The summed E-state index contributed by atoms with van der Waals surface area (Å²) in [6, 6.07) is 20.6. The van der Waals surface area contributed by atoms with Gasteiger partial charge < -0.3 is 14.6 Å². The number of nitrogens with zero attached hydrogens (tertiary/aromatic N) is 3. The Kier molecular flexibility index (Phi) is 6.97. The number of aromatic nitrogens is 3. The fourth-order valence-corrected chi connectivity index (χ4v) is 4.28. The van der Waals surface area contributed by atoms with Gasteiger partial charge in [-0.25, -0.2) is 0 Å². The summed E-state index contributed by atoms with van der Waals surface area (Å²) in [5.74, 6) is 2.05. The van der Waals surface area contributed by atoms with E-state index in [0.29, 0.717) is 28.8 Å². The fourth-order valence-electron chi connectivity index (χ4n) is 3.41. The molecule has 1 N–H and O–H groups in total. The lowest BCUT2D eigenvalue weighted by atomic mass is 10.0. The van der Waals surface area contributed by atoms with E-state index in [0.717, 1.165) is 21.7 Å². The number of hydrogen-bond donors (Lipinski definition) is 1. The molecule has 0 radical (unpaired) electrons. The third-order valence-corrected chi connectivity index (χ3v) is 6.27. The van der Waals surface area contributed by atoms with Crippen LogP contribution in [0.25, 0.3) is 10.8 Å². The van der Waals surface area contributed by atoms with Crippen LogP contribution in [0.2, 0.25) is 5.02 Å². The SMILES string of the molecule is CC(NC(=O)c1cccc2ccccc12)c1nnc(SCCOc2ccc(Cl)cc2)n1C. The highest BCUT2D eigenvalue weighted by molar-refractivity contribution is 7.99. The number of amides is 1. The van der Waals surface area contributed by atoms with Crippen molar-refractivity contribution in [3.05, 3.63) is 83.1 Å². The molecule has 0 bridgehead atoms. The van der Waals surface area contributed by atoms with Crippen LogP contribution in [0.3, 0.4) is 0 Å². The van der Waals surface area contributed by atoms with Gasteiger partial charge in [0.15, 0.2) is 11.0 Å². The van der Waals surface area contributed by atoms with Gasteiger partial charge in [0.1, 0.15) is 5.75 Å². The normalized spacial score (nSPS) is 12.0. The Balaban J connectivity index is 1.35. The Labute approximate surface area is 195 Å². The van der Waals surface area contributed by atoms with Gasteiger partial charge in [0.2, 0.25) is 0 Å². The molecule has 1 amide bonds. The molecule has 0 aliphatic rings. The first-order valence-corrected chi connectivity index (χ1v) is 11.6. The van der Waals surface area contributed by atoms with Gasteiger partial charge in [0, 0.05) is 23.4 Å². The fraction of sp³-hybridized carbons (Fsp3) is 0.208. The predicted molar refractivity (Wildman–Crippen MR) is 129 cm³/mol. The van der Waals surface area contributed by atoms with Crippen LogP contribution in [0.4, 0.5) is 0 Å². The number of fused-ring (bicyclic) bond motifs is 1. The van der Waals surface area contributed by atoms with E-state index in [1.165, 1.54) is 0 Å². The molecule has 0 saturated heterocycles. The van der Waals surface area contributed by atoms with E-state index in [2.05, 4.69) is 15.5 Å². The molecule has 1 aromatic heterocycles. The topological polar surface area (TPSA) is 69.0 Å². The molecule has 4 aromatic rings. The maximum atomic E-state index is 12.9. The van der Waals surface area contributed by atoms with Gasteiger partial charge in [-0.2, -0.15) is 0 Å². The first kappa shape index (κ1) is 22.2. The quantitative estimate of drug-likeness (QED) is 0.282. The first-order valence-electron chi connectivity index (χ1n) is 10.2. The average molecular weight is 467 g/mol. The Morgan fingerprint density at radius 3 is 2.66 bits per heavy atom. The maximum absolute atomic E-state index is 12.9. The minimum atomic E-state index is -0.293. The van der Waals surface area contributed by atoms with Crippen molar-refractivity contribution in [2.75, 3.05) is 12.4 Å². The zero-order chi connectivity index (χ0) is 22.5. The molecular weight excluding hydrogens is 444 g/mol. The third-order valence-electron chi connectivity index (χ3n) is 5.03. The van der Waals surface area contributed by atoms with Crippen molar-refractivity contribution in [1.82, 2.24) is 20.1 Å². The predicted octanol–water partition coefficient (Wildman–Crippen LogP) is 5.28. The summed E-state index contributed by atoms with van der Waals surface area (Å²) < 4.78 is 7.62. The molecule has 164 valence electrons. The monoisotopic (exact) mass is 466 g/mol. The van der Waals surface area contributed by atoms with E-state index in [1.54, 1.807) is 23.9 Å². The second-order valence-electron chi connectivity index (χ2n) is 7.27. The van der Waals surface area contributed by atoms with Crippen molar-refractivity contribution in [2.24, 2.45) is 7.05 Å². The molecule has 0 fully saturated rings. The standard InChI is InChI=1S/C24H23ClN4O2S/c1-16(26-23(30)21-9-5-7-17-6-3-4-8-20(17)21)22-27-28-24(29(22)2)32-15-14-31-19-12-10-18(25)11-13-19/h3-13,16H,14-15H2,1-2H3,(H,26,30). The summed E-state index contributed by atoms with van der Waals surface area (Å²) in [7, 11) is 1.90. The number of rotatable bonds is 8. The molecule has 32 heavy (non-hydrogen) atoms. The van der Waals surface area contributed by atoms with Crippen LogP contribution in [-0.4, -0.2) is 33.0 Å². The van der Waals surface area contributed by atoms with Gasteiger partial charge in [-0.1, -0.05) is 59.8 Å². The van der Waals surface area contributed by atoms with Gasteiger partial charge >= 0.3 is 0 Å². The molecule has 3 aromatic carbocycles. The highest BCUT2D eigenvalue weighted by Crippen LogP contribution is 2.22. The van der Waals surface area contributed by atoms with Gasteiger partial charge in [0.05, 0.1) is 12.6 Å².